The first-order chi connectivity index (χ1) is 22.3. The Morgan fingerprint density at radius 1 is 0.378 bits per heavy atom. The molecule has 0 saturated heterocycles. The van der Waals surface area contributed by atoms with Gasteiger partial charge < -0.3 is 9.13 Å². The first kappa shape index (κ1) is 24.3. The minimum atomic E-state index is 0.958. The molecular weight excluding hydrogens is 548 g/mol. The van der Waals surface area contributed by atoms with Gasteiger partial charge in [0.05, 0.1) is 33.1 Å². The number of para-hydroxylation sites is 3. The van der Waals surface area contributed by atoms with E-state index in [1.807, 2.05) is 6.07 Å². The summed E-state index contributed by atoms with van der Waals surface area (Å²) in [5, 5.41) is 4.96. The predicted molar refractivity (Wildman–Crippen MR) is 187 cm³/mol. The van der Waals surface area contributed by atoms with Gasteiger partial charge in [0.15, 0.2) is 0 Å². The van der Waals surface area contributed by atoms with Crippen LogP contribution in [0.5, 0.6) is 0 Å². The molecule has 4 heteroatoms. The third-order valence-electron chi connectivity index (χ3n) is 9.23. The van der Waals surface area contributed by atoms with Gasteiger partial charge >= 0.3 is 0 Å². The van der Waals surface area contributed by atoms with Crippen LogP contribution < -0.4 is 0 Å². The van der Waals surface area contributed by atoms with Crippen molar-refractivity contribution in [1.29, 1.82) is 0 Å². The minimum absolute atomic E-state index is 0.958. The molecule has 0 spiro atoms. The number of aromatic nitrogens is 4. The number of rotatable bonds is 3. The van der Waals surface area contributed by atoms with Gasteiger partial charge in [-0.2, -0.15) is 0 Å². The quantitative estimate of drug-likeness (QED) is 0.206. The molecule has 0 aliphatic carbocycles. The van der Waals surface area contributed by atoms with Crippen LogP contribution in [-0.4, -0.2) is 18.5 Å². The highest BCUT2D eigenvalue weighted by Gasteiger charge is 2.18. The molecule has 10 aromatic rings. The minimum Gasteiger partial charge on any atom is -0.309 e. The normalized spacial score (nSPS) is 12.0. The Labute approximate surface area is 258 Å². The Bertz CT molecular complexity index is 2750. The molecule has 0 atom stereocenters. The molecule has 210 valence electrons. The molecule has 10 rings (SSSR count). The lowest BCUT2D eigenvalue weighted by Crippen LogP contribution is -1.93. The Morgan fingerprint density at radius 3 is 1.64 bits per heavy atom. The molecule has 4 nitrogen and oxygen atoms in total. The molecule has 0 fully saturated rings. The van der Waals surface area contributed by atoms with E-state index in [1.54, 1.807) is 0 Å². The van der Waals surface area contributed by atoms with Crippen LogP contribution in [0.1, 0.15) is 0 Å². The lowest BCUT2D eigenvalue weighted by Gasteiger charge is -2.09. The highest BCUT2D eigenvalue weighted by atomic mass is 15.0. The molecule has 0 aliphatic rings. The topological polar surface area (TPSA) is 27.2 Å². The Kier molecular flexibility index (Phi) is 4.96. The van der Waals surface area contributed by atoms with Crippen LogP contribution >= 0.6 is 0 Å². The summed E-state index contributed by atoms with van der Waals surface area (Å²) in [5.41, 5.74) is 12.6. The number of hydrogen-bond donors (Lipinski definition) is 0. The molecule has 0 amide bonds. The molecule has 4 aromatic heterocycles. The smallest absolute Gasteiger partial charge is 0.137 e. The summed E-state index contributed by atoms with van der Waals surface area (Å²) >= 11 is 0. The first-order valence-electron chi connectivity index (χ1n) is 15.3. The van der Waals surface area contributed by atoms with Crippen molar-refractivity contribution in [3.8, 4) is 22.5 Å². The fourth-order valence-electron chi connectivity index (χ4n) is 7.22. The third kappa shape index (κ3) is 3.51. The van der Waals surface area contributed by atoms with Crippen LogP contribution in [0.4, 0.5) is 0 Å². The number of pyridine rings is 1. The second kappa shape index (κ2) is 9.18. The molecule has 0 bridgehead atoms. The van der Waals surface area contributed by atoms with Crippen molar-refractivity contribution in [1.82, 2.24) is 18.5 Å². The van der Waals surface area contributed by atoms with Crippen molar-refractivity contribution < 1.29 is 0 Å². The van der Waals surface area contributed by atoms with E-state index in [9.17, 15) is 0 Å². The van der Waals surface area contributed by atoms with Crippen LogP contribution in [0.3, 0.4) is 0 Å². The van der Waals surface area contributed by atoms with E-state index >= 15 is 0 Å². The second-order valence-corrected chi connectivity index (χ2v) is 11.7. The summed E-state index contributed by atoms with van der Waals surface area (Å²) in [6.07, 6.45) is 2.10. The van der Waals surface area contributed by atoms with Gasteiger partial charge in [-0.15, -0.1) is 0 Å². The summed E-state index contributed by atoms with van der Waals surface area (Å²) in [6.45, 7) is 0. The second-order valence-electron chi connectivity index (χ2n) is 11.7. The van der Waals surface area contributed by atoms with Crippen molar-refractivity contribution >= 4 is 60.3 Å². The molecule has 0 radical (unpaired) electrons. The average molecular weight is 575 g/mol. The maximum absolute atomic E-state index is 4.96. The van der Waals surface area contributed by atoms with Gasteiger partial charge in [-0.05, 0) is 90.0 Å². The SMILES string of the molecule is c1ccc(-n2c3ccccc3c3cc(-c4ccc5c(c4)c4cc6c(cc4n5-c4ccccc4)nc4ccccn46)ccc32)cc1. The van der Waals surface area contributed by atoms with Crippen molar-refractivity contribution in [2.45, 2.75) is 0 Å². The van der Waals surface area contributed by atoms with Gasteiger partial charge in [-0.1, -0.05) is 72.8 Å². The van der Waals surface area contributed by atoms with Crippen LogP contribution in [0.25, 0.3) is 82.8 Å². The average Bonchev–Trinajstić information content (AvgIpc) is 3.74. The largest absolute Gasteiger partial charge is 0.309 e. The summed E-state index contributed by atoms with van der Waals surface area (Å²) in [4.78, 5) is 4.96. The maximum Gasteiger partial charge on any atom is 0.137 e. The summed E-state index contributed by atoms with van der Waals surface area (Å²) in [5.74, 6) is 0. The van der Waals surface area contributed by atoms with Gasteiger partial charge in [0.25, 0.3) is 0 Å². The number of fused-ring (bicyclic) bond motifs is 9. The zero-order valence-corrected chi connectivity index (χ0v) is 24.3. The monoisotopic (exact) mass is 574 g/mol. The zero-order valence-electron chi connectivity index (χ0n) is 24.3. The van der Waals surface area contributed by atoms with E-state index in [0.29, 0.717) is 0 Å². The molecule has 0 saturated carbocycles. The first-order valence-corrected chi connectivity index (χ1v) is 15.3. The van der Waals surface area contributed by atoms with Crippen molar-refractivity contribution in [3.05, 3.63) is 158 Å². The molecule has 4 heterocycles. The summed E-state index contributed by atoms with van der Waals surface area (Å²) in [7, 11) is 0. The number of nitrogens with zero attached hydrogens (tertiary/aromatic N) is 4. The molecule has 6 aromatic carbocycles. The molecule has 45 heavy (non-hydrogen) atoms. The van der Waals surface area contributed by atoms with Crippen molar-refractivity contribution in [2.75, 3.05) is 0 Å². The molecular formula is C41H26N4. The Balaban J connectivity index is 1.24. The number of imidazole rings is 1. The van der Waals surface area contributed by atoms with E-state index in [-0.39, 0.29) is 0 Å². The highest BCUT2D eigenvalue weighted by molar-refractivity contribution is 6.15. The van der Waals surface area contributed by atoms with Crippen molar-refractivity contribution in [2.24, 2.45) is 0 Å². The number of hydrogen-bond acceptors (Lipinski definition) is 1. The number of benzene rings is 6. The van der Waals surface area contributed by atoms with Gasteiger partial charge in [0, 0.05) is 39.1 Å². The standard InChI is InChI=1S/C41H26N4/c1-3-11-29(12-4-1)44-36-16-8-7-15-31(36)32-23-27(18-20-37(32)44)28-19-21-38-33(24-28)34-25-40-35(42-41-17-9-10-22-43(40)41)26-39(34)45(38)30-13-5-2-6-14-30/h1-26H. The van der Waals surface area contributed by atoms with Gasteiger partial charge in [-0.3, -0.25) is 4.40 Å². The lowest BCUT2D eigenvalue weighted by molar-refractivity contribution is 1.18. The summed E-state index contributed by atoms with van der Waals surface area (Å²) in [6, 6.07) is 54.5. The summed E-state index contributed by atoms with van der Waals surface area (Å²) < 4.78 is 6.92. The van der Waals surface area contributed by atoms with Crippen LogP contribution in [0.15, 0.2) is 158 Å². The fourth-order valence-corrected chi connectivity index (χ4v) is 7.22. The molecule has 0 unspecified atom stereocenters. The Hall–Kier alpha value is -6.13. The predicted octanol–water partition coefficient (Wildman–Crippen LogP) is 10.3. The van der Waals surface area contributed by atoms with Gasteiger partial charge in [-0.25, -0.2) is 4.98 Å². The van der Waals surface area contributed by atoms with Crippen molar-refractivity contribution in [3.63, 3.8) is 0 Å². The van der Waals surface area contributed by atoms with E-state index in [0.717, 1.165) is 27.9 Å². The third-order valence-corrected chi connectivity index (χ3v) is 9.23. The van der Waals surface area contributed by atoms with E-state index < -0.39 is 0 Å². The zero-order chi connectivity index (χ0) is 29.5. The maximum atomic E-state index is 4.96. The van der Waals surface area contributed by atoms with Crippen LogP contribution in [-0.2, 0) is 0 Å². The van der Waals surface area contributed by atoms with E-state index in [1.165, 1.54) is 54.9 Å². The van der Waals surface area contributed by atoms with Crippen LogP contribution in [0.2, 0.25) is 0 Å². The fraction of sp³-hybridized carbons (Fsp3) is 0. The van der Waals surface area contributed by atoms with E-state index in [2.05, 4.69) is 165 Å². The van der Waals surface area contributed by atoms with E-state index in [4.69, 9.17) is 4.98 Å². The van der Waals surface area contributed by atoms with Gasteiger partial charge in [0.2, 0.25) is 0 Å². The lowest BCUT2D eigenvalue weighted by atomic mass is 10.0. The molecule has 0 N–H and O–H groups in total. The molecule has 0 aliphatic heterocycles. The highest BCUT2D eigenvalue weighted by Crippen LogP contribution is 2.39. The van der Waals surface area contributed by atoms with Gasteiger partial charge in [0.1, 0.15) is 5.65 Å². The van der Waals surface area contributed by atoms with Crippen LogP contribution in [0, 0.1) is 0 Å². The Morgan fingerprint density at radius 2 is 0.933 bits per heavy atom.